The third-order valence-corrected chi connectivity index (χ3v) is 2.50. The highest BCUT2D eigenvalue weighted by Gasteiger charge is 2.16. The Hall–Kier alpha value is -1.13. The maximum Gasteiger partial charge on any atom is 0.270 e. The Balaban J connectivity index is 2.68. The van der Waals surface area contributed by atoms with E-state index in [9.17, 15) is 4.79 Å². The summed E-state index contributed by atoms with van der Waals surface area (Å²) in [7, 11) is 0. The highest BCUT2D eigenvalue weighted by Crippen LogP contribution is 2.07. The number of nitrogens with one attached hydrogen (secondary N) is 1. The number of aliphatic hydroxyl groups excluding tert-OH is 1. The molecule has 0 unspecified atom stereocenters. The van der Waals surface area contributed by atoms with Crippen molar-refractivity contribution in [2.45, 2.75) is 19.9 Å². The third-order valence-electron chi connectivity index (χ3n) is 2.28. The molecule has 2 N–H and O–H groups in total. The molecule has 5 heteroatoms. The van der Waals surface area contributed by atoms with Gasteiger partial charge in [-0.15, -0.1) is 0 Å². The van der Waals surface area contributed by atoms with Crippen LogP contribution in [-0.2, 0) is 0 Å². The fraction of sp³-hybridized carbons (Fsp3) is 0.455. The SMILES string of the molecule is CC(C)[C@@H](CO)NC(=O)c1ccc(Cl)cn1. The first-order valence-electron chi connectivity index (χ1n) is 5.08. The van der Waals surface area contributed by atoms with Gasteiger partial charge in [-0.3, -0.25) is 4.79 Å². The van der Waals surface area contributed by atoms with E-state index in [0.29, 0.717) is 10.7 Å². The summed E-state index contributed by atoms with van der Waals surface area (Å²) in [5.41, 5.74) is 0.295. The van der Waals surface area contributed by atoms with Crippen molar-refractivity contribution in [3.05, 3.63) is 29.0 Å². The van der Waals surface area contributed by atoms with Crippen molar-refractivity contribution in [2.75, 3.05) is 6.61 Å². The largest absolute Gasteiger partial charge is 0.394 e. The number of aromatic nitrogens is 1. The Labute approximate surface area is 99.6 Å². The van der Waals surface area contributed by atoms with Crippen LogP contribution in [0.1, 0.15) is 24.3 Å². The summed E-state index contributed by atoms with van der Waals surface area (Å²) in [5.74, 6) is -0.134. The molecule has 0 fully saturated rings. The van der Waals surface area contributed by atoms with Gasteiger partial charge in [0, 0.05) is 6.20 Å². The van der Waals surface area contributed by atoms with E-state index in [1.807, 2.05) is 13.8 Å². The van der Waals surface area contributed by atoms with Gasteiger partial charge in [-0.1, -0.05) is 25.4 Å². The van der Waals surface area contributed by atoms with Gasteiger partial charge >= 0.3 is 0 Å². The summed E-state index contributed by atoms with van der Waals surface area (Å²) in [6, 6.07) is 2.89. The van der Waals surface area contributed by atoms with Gasteiger partial charge in [-0.05, 0) is 18.1 Å². The summed E-state index contributed by atoms with van der Waals surface area (Å²) in [6.45, 7) is 3.77. The third kappa shape index (κ3) is 3.47. The quantitative estimate of drug-likeness (QED) is 0.841. The topological polar surface area (TPSA) is 62.2 Å². The van der Waals surface area contributed by atoms with Crippen LogP contribution in [0.15, 0.2) is 18.3 Å². The number of nitrogens with zero attached hydrogens (tertiary/aromatic N) is 1. The molecular formula is C11H15ClN2O2. The molecule has 4 nitrogen and oxygen atoms in total. The average Bonchev–Trinajstić information content (AvgIpc) is 2.26. The van der Waals surface area contributed by atoms with Gasteiger partial charge in [0.25, 0.3) is 5.91 Å². The number of halogens is 1. The lowest BCUT2D eigenvalue weighted by Gasteiger charge is -2.19. The van der Waals surface area contributed by atoms with E-state index in [4.69, 9.17) is 16.7 Å². The summed E-state index contributed by atoms with van der Waals surface area (Å²) >= 11 is 5.67. The smallest absolute Gasteiger partial charge is 0.270 e. The minimum atomic E-state index is -0.301. The van der Waals surface area contributed by atoms with Crippen LogP contribution in [0.2, 0.25) is 5.02 Å². The molecule has 1 amide bonds. The minimum Gasteiger partial charge on any atom is -0.394 e. The van der Waals surface area contributed by atoms with E-state index >= 15 is 0 Å². The van der Waals surface area contributed by atoms with Crippen LogP contribution in [0.4, 0.5) is 0 Å². The summed E-state index contributed by atoms with van der Waals surface area (Å²) in [6.07, 6.45) is 1.42. The lowest BCUT2D eigenvalue weighted by atomic mass is 10.1. The number of hydrogen-bond donors (Lipinski definition) is 2. The number of carbonyl (C=O) groups excluding carboxylic acids is 1. The Morgan fingerprint density at radius 1 is 1.56 bits per heavy atom. The molecule has 1 aromatic rings. The molecule has 1 atom stereocenters. The molecule has 1 heterocycles. The number of pyridine rings is 1. The van der Waals surface area contributed by atoms with Gasteiger partial charge in [-0.25, -0.2) is 4.98 Å². The summed E-state index contributed by atoms with van der Waals surface area (Å²) < 4.78 is 0. The fourth-order valence-electron chi connectivity index (χ4n) is 1.18. The molecule has 0 aliphatic heterocycles. The van der Waals surface area contributed by atoms with Crippen molar-refractivity contribution in [3.63, 3.8) is 0 Å². The van der Waals surface area contributed by atoms with Gasteiger partial charge in [0.15, 0.2) is 0 Å². The molecule has 0 saturated heterocycles. The number of amides is 1. The molecular weight excluding hydrogens is 228 g/mol. The van der Waals surface area contributed by atoms with Gasteiger partial charge in [0.1, 0.15) is 5.69 Å². The van der Waals surface area contributed by atoms with Crippen LogP contribution in [0.25, 0.3) is 0 Å². The number of aliphatic hydroxyl groups is 1. The first-order valence-corrected chi connectivity index (χ1v) is 5.45. The molecule has 0 radical (unpaired) electrons. The van der Waals surface area contributed by atoms with Gasteiger partial charge in [0.2, 0.25) is 0 Å². The van der Waals surface area contributed by atoms with Gasteiger partial charge in [-0.2, -0.15) is 0 Å². The van der Waals surface area contributed by atoms with Crippen molar-refractivity contribution >= 4 is 17.5 Å². The van der Waals surface area contributed by atoms with Gasteiger partial charge < -0.3 is 10.4 Å². The van der Waals surface area contributed by atoms with Crippen LogP contribution in [0.3, 0.4) is 0 Å². The standard InChI is InChI=1S/C11H15ClN2O2/c1-7(2)10(6-15)14-11(16)9-4-3-8(12)5-13-9/h3-5,7,10,15H,6H2,1-2H3,(H,14,16)/t10-/m1/s1. The maximum absolute atomic E-state index is 11.7. The maximum atomic E-state index is 11.7. The molecule has 0 aromatic carbocycles. The zero-order valence-corrected chi connectivity index (χ0v) is 10.0. The zero-order chi connectivity index (χ0) is 12.1. The second kappa shape index (κ2) is 5.82. The van der Waals surface area contributed by atoms with Gasteiger partial charge in [0.05, 0.1) is 17.7 Å². The van der Waals surface area contributed by atoms with Crippen LogP contribution < -0.4 is 5.32 Å². The Kier molecular flexibility index (Phi) is 4.71. The lowest BCUT2D eigenvalue weighted by molar-refractivity contribution is 0.0892. The zero-order valence-electron chi connectivity index (χ0n) is 9.27. The van der Waals surface area contributed by atoms with E-state index in [1.54, 1.807) is 12.1 Å². The number of hydrogen-bond acceptors (Lipinski definition) is 3. The monoisotopic (exact) mass is 242 g/mol. The van der Waals surface area contributed by atoms with E-state index < -0.39 is 0 Å². The second-order valence-electron chi connectivity index (χ2n) is 3.87. The summed E-state index contributed by atoms with van der Waals surface area (Å²) in [5, 5.41) is 12.3. The van der Waals surface area contributed by atoms with Crippen molar-refractivity contribution in [1.29, 1.82) is 0 Å². The van der Waals surface area contributed by atoms with Crippen molar-refractivity contribution < 1.29 is 9.90 Å². The second-order valence-corrected chi connectivity index (χ2v) is 4.30. The predicted octanol–water partition coefficient (Wildman–Crippen LogP) is 1.48. The molecule has 0 bridgehead atoms. The molecule has 88 valence electrons. The molecule has 16 heavy (non-hydrogen) atoms. The normalized spacial score (nSPS) is 12.6. The first-order chi connectivity index (χ1) is 7.54. The van der Waals surface area contributed by atoms with E-state index in [0.717, 1.165) is 0 Å². The van der Waals surface area contributed by atoms with Crippen molar-refractivity contribution in [3.8, 4) is 0 Å². The van der Waals surface area contributed by atoms with E-state index in [1.165, 1.54) is 6.20 Å². The van der Waals surface area contributed by atoms with Crippen LogP contribution in [-0.4, -0.2) is 28.6 Å². The molecule has 0 aliphatic carbocycles. The molecule has 0 saturated carbocycles. The highest BCUT2D eigenvalue weighted by atomic mass is 35.5. The average molecular weight is 243 g/mol. The Morgan fingerprint density at radius 3 is 2.69 bits per heavy atom. The van der Waals surface area contributed by atoms with Crippen molar-refractivity contribution in [2.24, 2.45) is 5.92 Å². The predicted molar refractivity (Wildman–Crippen MR) is 62.4 cm³/mol. The van der Waals surface area contributed by atoms with Crippen LogP contribution in [0, 0.1) is 5.92 Å². The molecule has 0 spiro atoms. The molecule has 1 aromatic heterocycles. The number of rotatable bonds is 4. The van der Waals surface area contributed by atoms with E-state index in [-0.39, 0.29) is 24.5 Å². The fourth-order valence-corrected chi connectivity index (χ4v) is 1.29. The van der Waals surface area contributed by atoms with E-state index in [2.05, 4.69) is 10.3 Å². The molecule has 1 rings (SSSR count). The lowest BCUT2D eigenvalue weighted by Crippen LogP contribution is -2.41. The first kappa shape index (κ1) is 12.9. The summed E-state index contributed by atoms with van der Waals surface area (Å²) in [4.78, 5) is 15.6. The minimum absolute atomic E-state index is 0.0863. The molecule has 0 aliphatic rings. The van der Waals surface area contributed by atoms with Crippen molar-refractivity contribution in [1.82, 2.24) is 10.3 Å². The Morgan fingerprint density at radius 2 is 2.25 bits per heavy atom. The highest BCUT2D eigenvalue weighted by molar-refractivity contribution is 6.30. The number of carbonyl (C=O) groups is 1. The van der Waals surface area contributed by atoms with Crippen LogP contribution in [0.5, 0.6) is 0 Å². The van der Waals surface area contributed by atoms with Crippen LogP contribution >= 0.6 is 11.6 Å². The Bertz CT molecular complexity index is 352.